The van der Waals surface area contributed by atoms with Crippen molar-refractivity contribution in [1.82, 2.24) is 10.6 Å². The third-order valence-electron chi connectivity index (χ3n) is 5.22. The smallest absolute Gasteiger partial charge is 0.220 e. The first-order chi connectivity index (χ1) is 14.7. The van der Waals surface area contributed by atoms with E-state index in [1.54, 1.807) is 0 Å². The van der Waals surface area contributed by atoms with Crippen LogP contribution in [0.4, 0.5) is 0 Å². The lowest BCUT2D eigenvalue weighted by Gasteiger charge is -2.07. The number of amides is 2. The Balaban J connectivity index is 1.34. The number of hydrogen-bond acceptors (Lipinski definition) is 2. The standard InChI is InChI=1S/C26H36N2O2/c29-25(19-17-23-13-7-5-8-14-23)27-21-11-3-1-2-4-12-22-28-26(30)20-18-24-15-9-6-10-16-24/h5-10,13-16H,1-4,11-12,17-22H2,(H,27,29)(H,28,30). The van der Waals surface area contributed by atoms with E-state index in [9.17, 15) is 9.59 Å². The SMILES string of the molecule is O=C(CCc1ccccc1)NCCCCCCCCNC(=O)CCc1ccccc1. The van der Waals surface area contributed by atoms with Crippen LogP contribution in [0.25, 0.3) is 0 Å². The molecule has 0 spiro atoms. The second-order valence-electron chi connectivity index (χ2n) is 7.79. The molecule has 2 N–H and O–H groups in total. The Bertz CT molecular complexity index is 653. The van der Waals surface area contributed by atoms with Gasteiger partial charge in [0, 0.05) is 25.9 Å². The van der Waals surface area contributed by atoms with Gasteiger partial charge in [0.2, 0.25) is 11.8 Å². The Morgan fingerprint density at radius 1 is 0.533 bits per heavy atom. The number of rotatable bonds is 15. The first-order valence-electron chi connectivity index (χ1n) is 11.4. The van der Waals surface area contributed by atoms with Crippen LogP contribution >= 0.6 is 0 Å². The van der Waals surface area contributed by atoms with Crippen LogP contribution in [0.5, 0.6) is 0 Å². The molecular formula is C26H36N2O2. The van der Waals surface area contributed by atoms with Crippen molar-refractivity contribution in [3.05, 3.63) is 71.8 Å². The first kappa shape index (κ1) is 23.7. The zero-order valence-corrected chi connectivity index (χ0v) is 18.1. The van der Waals surface area contributed by atoms with Crippen LogP contribution in [-0.4, -0.2) is 24.9 Å². The van der Waals surface area contributed by atoms with E-state index in [4.69, 9.17) is 0 Å². The van der Waals surface area contributed by atoms with E-state index in [-0.39, 0.29) is 11.8 Å². The molecule has 0 heterocycles. The third kappa shape index (κ3) is 11.4. The highest BCUT2D eigenvalue weighted by molar-refractivity contribution is 5.76. The molecule has 162 valence electrons. The molecule has 30 heavy (non-hydrogen) atoms. The number of carbonyl (C=O) groups excluding carboxylic acids is 2. The number of aryl methyl sites for hydroxylation is 2. The van der Waals surface area contributed by atoms with Crippen molar-refractivity contribution in [2.45, 2.75) is 64.2 Å². The van der Waals surface area contributed by atoms with E-state index in [1.165, 1.54) is 24.0 Å². The molecule has 0 radical (unpaired) electrons. The van der Waals surface area contributed by atoms with Crippen molar-refractivity contribution in [2.75, 3.05) is 13.1 Å². The summed E-state index contributed by atoms with van der Waals surface area (Å²) >= 11 is 0. The maximum absolute atomic E-state index is 11.9. The van der Waals surface area contributed by atoms with E-state index >= 15 is 0 Å². The van der Waals surface area contributed by atoms with E-state index in [1.807, 2.05) is 36.4 Å². The maximum atomic E-state index is 11.9. The van der Waals surface area contributed by atoms with Crippen molar-refractivity contribution in [1.29, 1.82) is 0 Å². The molecule has 2 aromatic rings. The van der Waals surface area contributed by atoms with Gasteiger partial charge in [-0.2, -0.15) is 0 Å². The highest BCUT2D eigenvalue weighted by atomic mass is 16.2. The molecule has 0 aliphatic heterocycles. The molecule has 4 heteroatoms. The van der Waals surface area contributed by atoms with Gasteiger partial charge in [-0.1, -0.05) is 86.3 Å². The van der Waals surface area contributed by atoms with Gasteiger partial charge < -0.3 is 10.6 Å². The minimum atomic E-state index is 0.141. The highest BCUT2D eigenvalue weighted by Crippen LogP contribution is 2.06. The summed E-state index contributed by atoms with van der Waals surface area (Å²) < 4.78 is 0. The molecule has 0 atom stereocenters. The van der Waals surface area contributed by atoms with Gasteiger partial charge in [-0.15, -0.1) is 0 Å². The molecule has 4 nitrogen and oxygen atoms in total. The van der Waals surface area contributed by atoms with Crippen LogP contribution < -0.4 is 10.6 Å². The van der Waals surface area contributed by atoms with Gasteiger partial charge in [-0.05, 0) is 36.8 Å². The number of nitrogens with one attached hydrogen (secondary N) is 2. The zero-order valence-electron chi connectivity index (χ0n) is 18.1. The molecule has 0 bridgehead atoms. The molecule has 0 aromatic heterocycles. The van der Waals surface area contributed by atoms with E-state index in [0.717, 1.165) is 51.6 Å². The van der Waals surface area contributed by atoms with Gasteiger partial charge in [0.1, 0.15) is 0 Å². The Labute approximate surface area is 181 Å². The summed E-state index contributed by atoms with van der Waals surface area (Å²) in [5, 5.41) is 6.03. The summed E-state index contributed by atoms with van der Waals surface area (Å²) in [6.07, 6.45) is 9.43. The predicted molar refractivity (Wildman–Crippen MR) is 123 cm³/mol. The average molecular weight is 409 g/mol. The van der Waals surface area contributed by atoms with Crippen LogP contribution in [0, 0.1) is 0 Å². The highest BCUT2D eigenvalue weighted by Gasteiger charge is 2.02. The Hall–Kier alpha value is -2.62. The van der Waals surface area contributed by atoms with Crippen LogP contribution in [0.2, 0.25) is 0 Å². The van der Waals surface area contributed by atoms with Gasteiger partial charge in [-0.3, -0.25) is 9.59 Å². The average Bonchev–Trinajstić information content (AvgIpc) is 2.79. The minimum absolute atomic E-state index is 0.141. The Kier molecular flexibility index (Phi) is 12.0. The largest absolute Gasteiger partial charge is 0.356 e. The monoisotopic (exact) mass is 408 g/mol. The maximum Gasteiger partial charge on any atom is 0.220 e. The summed E-state index contributed by atoms with van der Waals surface area (Å²) in [6.45, 7) is 1.54. The van der Waals surface area contributed by atoms with Crippen molar-refractivity contribution in [3.8, 4) is 0 Å². The summed E-state index contributed by atoms with van der Waals surface area (Å²) in [5.74, 6) is 0.281. The fraction of sp³-hybridized carbons (Fsp3) is 0.462. The third-order valence-corrected chi connectivity index (χ3v) is 5.22. The molecule has 0 aliphatic carbocycles. The van der Waals surface area contributed by atoms with Crippen molar-refractivity contribution < 1.29 is 9.59 Å². The fourth-order valence-corrected chi connectivity index (χ4v) is 3.39. The molecule has 0 saturated heterocycles. The molecule has 2 aromatic carbocycles. The summed E-state index contributed by atoms with van der Waals surface area (Å²) in [6, 6.07) is 20.3. The fourth-order valence-electron chi connectivity index (χ4n) is 3.39. The van der Waals surface area contributed by atoms with Crippen molar-refractivity contribution in [3.63, 3.8) is 0 Å². The van der Waals surface area contributed by atoms with E-state index in [0.29, 0.717) is 12.8 Å². The molecular weight excluding hydrogens is 372 g/mol. The molecule has 0 aliphatic rings. The minimum Gasteiger partial charge on any atom is -0.356 e. The predicted octanol–water partition coefficient (Wildman–Crippen LogP) is 4.83. The summed E-state index contributed by atoms with van der Waals surface area (Å²) in [4.78, 5) is 23.7. The Morgan fingerprint density at radius 3 is 1.30 bits per heavy atom. The lowest BCUT2D eigenvalue weighted by atomic mass is 10.1. The molecule has 2 amide bonds. The molecule has 0 saturated carbocycles. The van der Waals surface area contributed by atoms with Crippen LogP contribution in [0.1, 0.15) is 62.5 Å². The van der Waals surface area contributed by atoms with Crippen LogP contribution in [0.3, 0.4) is 0 Å². The van der Waals surface area contributed by atoms with Crippen molar-refractivity contribution in [2.24, 2.45) is 0 Å². The molecule has 0 unspecified atom stereocenters. The molecule has 0 fully saturated rings. The lowest BCUT2D eigenvalue weighted by Crippen LogP contribution is -2.24. The van der Waals surface area contributed by atoms with Crippen LogP contribution in [-0.2, 0) is 22.4 Å². The van der Waals surface area contributed by atoms with Gasteiger partial charge in [-0.25, -0.2) is 0 Å². The first-order valence-corrected chi connectivity index (χ1v) is 11.4. The lowest BCUT2D eigenvalue weighted by molar-refractivity contribution is -0.121. The number of unbranched alkanes of at least 4 members (excludes halogenated alkanes) is 5. The van der Waals surface area contributed by atoms with Crippen molar-refractivity contribution >= 4 is 11.8 Å². The number of benzene rings is 2. The van der Waals surface area contributed by atoms with Gasteiger partial charge in [0.05, 0.1) is 0 Å². The normalized spacial score (nSPS) is 10.5. The Morgan fingerprint density at radius 2 is 0.900 bits per heavy atom. The quantitative estimate of drug-likeness (QED) is 0.415. The molecule has 2 rings (SSSR count). The number of hydrogen-bond donors (Lipinski definition) is 2. The topological polar surface area (TPSA) is 58.2 Å². The van der Waals surface area contributed by atoms with Gasteiger partial charge >= 0.3 is 0 Å². The summed E-state index contributed by atoms with van der Waals surface area (Å²) in [5.41, 5.74) is 2.42. The zero-order chi connectivity index (χ0) is 21.3. The van der Waals surface area contributed by atoms with E-state index < -0.39 is 0 Å². The second-order valence-corrected chi connectivity index (χ2v) is 7.79. The van der Waals surface area contributed by atoms with Gasteiger partial charge in [0.15, 0.2) is 0 Å². The van der Waals surface area contributed by atoms with E-state index in [2.05, 4.69) is 34.9 Å². The van der Waals surface area contributed by atoms with Crippen LogP contribution in [0.15, 0.2) is 60.7 Å². The van der Waals surface area contributed by atoms with Gasteiger partial charge in [0.25, 0.3) is 0 Å². The number of carbonyl (C=O) groups is 2. The summed E-state index contributed by atoms with van der Waals surface area (Å²) in [7, 11) is 0. The second kappa shape index (κ2) is 15.3.